The average molecular weight is 490 g/mol. The standard InChI is InChI=1S/C25H20ClN5O2S/c1-33-19-6-4-5-18(13-19)31-24(21-14-27-22-8-3-2-7-20(21)22)29-30-25(31)34-15-23(32)28-17-11-9-16(26)10-12-17/h2-14,27H,15H2,1H3,(H,28,32). The van der Waals surface area contributed by atoms with Crippen LogP contribution in [0, 0.1) is 0 Å². The van der Waals surface area contributed by atoms with E-state index >= 15 is 0 Å². The number of aromatic amines is 1. The smallest absolute Gasteiger partial charge is 0.234 e. The van der Waals surface area contributed by atoms with E-state index in [0.29, 0.717) is 27.4 Å². The Balaban J connectivity index is 1.48. The molecule has 170 valence electrons. The van der Waals surface area contributed by atoms with Gasteiger partial charge >= 0.3 is 0 Å². The Bertz CT molecular complexity index is 1460. The molecular weight excluding hydrogens is 470 g/mol. The highest BCUT2D eigenvalue weighted by Gasteiger charge is 2.20. The topological polar surface area (TPSA) is 84.8 Å². The van der Waals surface area contributed by atoms with Gasteiger partial charge in [0.25, 0.3) is 0 Å². The molecule has 0 aliphatic rings. The molecule has 3 aromatic carbocycles. The first-order valence-corrected chi connectivity index (χ1v) is 11.8. The van der Waals surface area contributed by atoms with Crippen molar-refractivity contribution >= 4 is 45.9 Å². The lowest BCUT2D eigenvalue weighted by atomic mass is 10.1. The fraction of sp³-hybridized carbons (Fsp3) is 0.0800. The molecule has 0 radical (unpaired) electrons. The number of fused-ring (bicyclic) bond motifs is 1. The van der Waals surface area contributed by atoms with E-state index in [1.54, 1.807) is 31.4 Å². The van der Waals surface area contributed by atoms with Gasteiger partial charge in [-0.15, -0.1) is 10.2 Å². The van der Waals surface area contributed by atoms with E-state index in [0.717, 1.165) is 22.2 Å². The van der Waals surface area contributed by atoms with Crippen molar-refractivity contribution in [1.82, 2.24) is 19.7 Å². The molecule has 2 heterocycles. The van der Waals surface area contributed by atoms with Crippen molar-refractivity contribution in [2.75, 3.05) is 18.2 Å². The molecule has 2 N–H and O–H groups in total. The van der Waals surface area contributed by atoms with Gasteiger partial charge in [-0.05, 0) is 42.5 Å². The van der Waals surface area contributed by atoms with E-state index in [1.165, 1.54) is 11.8 Å². The van der Waals surface area contributed by atoms with Gasteiger partial charge in [-0.3, -0.25) is 9.36 Å². The minimum atomic E-state index is -0.152. The summed E-state index contributed by atoms with van der Waals surface area (Å²) in [7, 11) is 1.63. The number of halogens is 1. The third-order valence-corrected chi connectivity index (χ3v) is 6.42. The molecule has 1 amide bonds. The summed E-state index contributed by atoms with van der Waals surface area (Å²) in [5.41, 5.74) is 3.45. The number of ether oxygens (including phenoxy) is 1. The predicted octanol–water partition coefficient (Wildman–Crippen LogP) is 5.81. The van der Waals surface area contributed by atoms with Crippen molar-refractivity contribution < 1.29 is 9.53 Å². The lowest BCUT2D eigenvalue weighted by Crippen LogP contribution is -2.14. The van der Waals surface area contributed by atoms with Gasteiger partial charge < -0.3 is 15.0 Å². The minimum Gasteiger partial charge on any atom is -0.497 e. The Kier molecular flexibility index (Phi) is 6.24. The molecular formula is C25H20ClN5O2S. The predicted molar refractivity (Wildman–Crippen MR) is 136 cm³/mol. The number of anilines is 1. The second-order valence-corrected chi connectivity index (χ2v) is 8.81. The summed E-state index contributed by atoms with van der Waals surface area (Å²) < 4.78 is 7.37. The largest absolute Gasteiger partial charge is 0.497 e. The number of rotatable bonds is 7. The number of hydrogen-bond acceptors (Lipinski definition) is 5. The van der Waals surface area contributed by atoms with Crippen molar-refractivity contribution in [2.24, 2.45) is 0 Å². The number of benzene rings is 3. The molecule has 2 aromatic heterocycles. The Morgan fingerprint density at radius 3 is 2.74 bits per heavy atom. The van der Waals surface area contributed by atoms with Gasteiger partial charge in [-0.2, -0.15) is 0 Å². The van der Waals surface area contributed by atoms with Gasteiger partial charge in [0.2, 0.25) is 5.91 Å². The number of carbonyl (C=O) groups is 1. The zero-order valence-electron chi connectivity index (χ0n) is 18.2. The third-order valence-electron chi connectivity index (χ3n) is 5.24. The van der Waals surface area contributed by atoms with Crippen molar-refractivity contribution in [3.05, 3.63) is 84.0 Å². The maximum Gasteiger partial charge on any atom is 0.234 e. The van der Waals surface area contributed by atoms with Crippen molar-refractivity contribution in [2.45, 2.75) is 5.16 Å². The van der Waals surface area contributed by atoms with Crippen LogP contribution in [0.1, 0.15) is 0 Å². The highest BCUT2D eigenvalue weighted by atomic mass is 35.5. The number of thioether (sulfide) groups is 1. The van der Waals surface area contributed by atoms with Crippen molar-refractivity contribution in [3.8, 4) is 22.8 Å². The van der Waals surface area contributed by atoms with Gasteiger partial charge in [0, 0.05) is 39.4 Å². The van der Waals surface area contributed by atoms with Gasteiger partial charge in [0.15, 0.2) is 11.0 Å². The number of aromatic nitrogens is 4. The third kappa shape index (κ3) is 4.50. The first-order chi connectivity index (χ1) is 16.6. The van der Waals surface area contributed by atoms with Crippen LogP contribution < -0.4 is 10.1 Å². The second kappa shape index (κ2) is 9.62. The summed E-state index contributed by atoms with van der Waals surface area (Å²) in [6.45, 7) is 0. The van der Waals surface area contributed by atoms with E-state index in [2.05, 4.69) is 20.5 Å². The lowest BCUT2D eigenvalue weighted by Gasteiger charge is -2.11. The quantitative estimate of drug-likeness (QED) is 0.282. The number of amides is 1. The summed E-state index contributed by atoms with van der Waals surface area (Å²) in [5, 5.41) is 14.0. The van der Waals surface area contributed by atoms with Crippen LogP contribution in [0.3, 0.4) is 0 Å². The number of para-hydroxylation sites is 1. The molecule has 0 saturated heterocycles. The van der Waals surface area contributed by atoms with Crippen LogP contribution in [0.5, 0.6) is 5.75 Å². The molecule has 0 aliphatic carbocycles. The number of methoxy groups -OCH3 is 1. The highest BCUT2D eigenvalue weighted by molar-refractivity contribution is 7.99. The number of hydrogen-bond donors (Lipinski definition) is 2. The highest BCUT2D eigenvalue weighted by Crippen LogP contribution is 2.33. The van der Waals surface area contributed by atoms with E-state index in [4.69, 9.17) is 16.3 Å². The average Bonchev–Trinajstić information content (AvgIpc) is 3.48. The fourth-order valence-electron chi connectivity index (χ4n) is 3.64. The second-order valence-electron chi connectivity index (χ2n) is 7.43. The Hall–Kier alpha value is -3.75. The molecule has 5 rings (SSSR count). The summed E-state index contributed by atoms with van der Waals surface area (Å²) in [6, 6.07) is 22.7. The van der Waals surface area contributed by atoms with Crippen molar-refractivity contribution in [3.63, 3.8) is 0 Å². The fourth-order valence-corrected chi connectivity index (χ4v) is 4.52. The van der Waals surface area contributed by atoms with Crippen LogP contribution in [0.2, 0.25) is 5.02 Å². The number of carbonyl (C=O) groups excluding carboxylic acids is 1. The first-order valence-electron chi connectivity index (χ1n) is 10.5. The number of H-pyrrole nitrogens is 1. The van der Waals surface area contributed by atoms with E-state index in [-0.39, 0.29) is 11.7 Å². The molecule has 34 heavy (non-hydrogen) atoms. The monoisotopic (exact) mass is 489 g/mol. The van der Waals surface area contributed by atoms with Crippen LogP contribution in [0.25, 0.3) is 28.0 Å². The zero-order chi connectivity index (χ0) is 23.5. The SMILES string of the molecule is COc1cccc(-n2c(SCC(=O)Nc3ccc(Cl)cc3)nnc2-c2c[nH]c3ccccc23)c1. The zero-order valence-corrected chi connectivity index (χ0v) is 19.7. The van der Waals surface area contributed by atoms with Crippen molar-refractivity contribution in [1.29, 1.82) is 0 Å². The summed E-state index contributed by atoms with van der Waals surface area (Å²) >= 11 is 7.23. The maximum atomic E-state index is 12.6. The molecule has 0 unspecified atom stereocenters. The molecule has 0 bridgehead atoms. The molecule has 0 aliphatic heterocycles. The van der Waals surface area contributed by atoms with Crippen LogP contribution in [0.15, 0.2) is 84.1 Å². The van der Waals surface area contributed by atoms with Crippen LogP contribution in [-0.4, -0.2) is 38.5 Å². The Labute approximate surface area is 205 Å². The van der Waals surface area contributed by atoms with Gasteiger partial charge in [-0.1, -0.05) is 47.6 Å². The van der Waals surface area contributed by atoms with Crippen LogP contribution in [-0.2, 0) is 4.79 Å². The summed E-state index contributed by atoms with van der Waals surface area (Å²) in [5.74, 6) is 1.40. The molecule has 5 aromatic rings. The normalized spacial score (nSPS) is 11.0. The molecule has 7 nitrogen and oxygen atoms in total. The number of nitrogens with zero attached hydrogens (tertiary/aromatic N) is 3. The minimum absolute atomic E-state index is 0.152. The molecule has 0 atom stereocenters. The summed E-state index contributed by atoms with van der Waals surface area (Å²) in [4.78, 5) is 15.9. The van der Waals surface area contributed by atoms with Gasteiger partial charge in [-0.25, -0.2) is 0 Å². The molecule has 0 saturated carbocycles. The summed E-state index contributed by atoms with van der Waals surface area (Å²) in [6.07, 6.45) is 1.92. The van der Waals surface area contributed by atoms with Gasteiger partial charge in [0.1, 0.15) is 5.75 Å². The van der Waals surface area contributed by atoms with Crippen LogP contribution in [0.4, 0.5) is 5.69 Å². The molecule has 0 spiro atoms. The maximum absolute atomic E-state index is 12.6. The molecule has 0 fully saturated rings. The Morgan fingerprint density at radius 2 is 1.91 bits per heavy atom. The van der Waals surface area contributed by atoms with Gasteiger partial charge in [0.05, 0.1) is 18.6 Å². The van der Waals surface area contributed by atoms with E-state index in [1.807, 2.05) is 59.3 Å². The number of nitrogens with one attached hydrogen (secondary N) is 2. The van der Waals surface area contributed by atoms with E-state index in [9.17, 15) is 4.79 Å². The Morgan fingerprint density at radius 1 is 1.09 bits per heavy atom. The lowest BCUT2D eigenvalue weighted by molar-refractivity contribution is -0.113. The first kappa shape index (κ1) is 22.1. The molecule has 9 heteroatoms. The van der Waals surface area contributed by atoms with E-state index < -0.39 is 0 Å². The van der Waals surface area contributed by atoms with Crippen LogP contribution >= 0.6 is 23.4 Å².